The van der Waals surface area contributed by atoms with Crippen molar-refractivity contribution < 1.29 is 28.8 Å². The first-order valence-electron chi connectivity index (χ1n) is 14.9. The van der Waals surface area contributed by atoms with E-state index in [0.29, 0.717) is 48.7 Å². The molecule has 0 amide bonds. The lowest BCUT2D eigenvalue weighted by atomic mass is 10.0. The molecule has 1 N–H and O–H groups in total. The van der Waals surface area contributed by atoms with Gasteiger partial charge in [-0.1, -0.05) is 29.8 Å². The van der Waals surface area contributed by atoms with E-state index < -0.39 is 5.97 Å². The highest BCUT2D eigenvalue weighted by Gasteiger charge is 2.24. The minimum atomic E-state index is -0.942. The van der Waals surface area contributed by atoms with Crippen LogP contribution in [0.5, 0.6) is 17.4 Å². The van der Waals surface area contributed by atoms with Crippen LogP contribution in [0.2, 0.25) is 5.02 Å². The van der Waals surface area contributed by atoms with Gasteiger partial charge in [0, 0.05) is 31.3 Å². The van der Waals surface area contributed by atoms with Crippen molar-refractivity contribution in [2.24, 2.45) is 0 Å². The first-order chi connectivity index (χ1) is 21.5. The van der Waals surface area contributed by atoms with Crippen molar-refractivity contribution in [2.75, 3.05) is 32.9 Å². The van der Waals surface area contributed by atoms with E-state index in [0.717, 1.165) is 67.1 Å². The number of imidazole rings is 1. The van der Waals surface area contributed by atoms with Crippen LogP contribution >= 0.6 is 11.6 Å². The number of ether oxygens (including phenoxy) is 4. The smallest absolute Gasteiger partial charge is 0.335 e. The Hall–Kier alpha value is -4.12. The molecular formula is C33H33ClN4O6. The van der Waals surface area contributed by atoms with E-state index in [1.165, 1.54) is 5.57 Å². The third kappa shape index (κ3) is 5.97. The molecule has 2 aromatic carbocycles. The summed E-state index contributed by atoms with van der Waals surface area (Å²) in [4.78, 5) is 23.7. The summed E-state index contributed by atoms with van der Waals surface area (Å²) in [6.45, 7) is 4.90. The minimum Gasteiger partial charge on any atom is -0.486 e. The van der Waals surface area contributed by atoms with Gasteiger partial charge in [0.25, 0.3) is 0 Å². The van der Waals surface area contributed by atoms with Gasteiger partial charge in [-0.2, -0.15) is 0 Å². The molecule has 5 heterocycles. The number of nitrogens with zero attached hydrogens (tertiary/aromatic N) is 4. The van der Waals surface area contributed by atoms with Crippen molar-refractivity contribution in [1.82, 2.24) is 19.4 Å². The van der Waals surface area contributed by atoms with Crippen molar-refractivity contribution in [2.45, 2.75) is 45.1 Å². The fraction of sp³-hybridized carbons (Fsp3) is 0.364. The van der Waals surface area contributed by atoms with Gasteiger partial charge in [0.15, 0.2) is 11.5 Å². The number of halogens is 1. The third-order valence-electron chi connectivity index (χ3n) is 8.29. The molecule has 4 aromatic rings. The zero-order chi connectivity index (χ0) is 30.0. The van der Waals surface area contributed by atoms with Crippen LogP contribution in [0, 0.1) is 0 Å². The van der Waals surface area contributed by atoms with E-state index in [1.807, 2.05) is 24.3 Å². The van der Waals surface area contributed by atoms with Gasteiger partial charge < -0.3 is 28.6 Å². The summed E-state index contributed by atoms with van der Waals surface area (Å²) in [5.41, 5.74) is 4.82. The van der Waals surface area contributed by atoms with Gasteiger partial charge in [-0.15, -0.1) is 0 Å². The maximum atomic E-state index is 11.7. The summed E-state index contributed by atoms with van der Waals surface area (Å²) < 4.78 is 25.6. The molecule has 0 spiro atoms. The molecule has 1 fully saturated rings. The molecule has 1 atom stereocenters. The largest absolute Gasteiger partial charge is 0.486 e. The predicted molar refractivity (Wildman–Crippen MR) is 165 cm³/mol. The molecule has 0 aliphatic carbocycles. The number of aromatic carboxylic acids is 1. The first-order valence-corrected chi connectivity index (χ1v) is 15.3. The highest BCUT2D eigenvalue weighted by Crippen LogP contribution is 2.40. The number of fused-ring (bicyclic) bond motifs is 2. The van der Waals surface area contributed by atoms with Gasteiger partial charge >= 0.3 is 5.97 Å². The molecule has 2 aromatic heterocycles. The van der Waals surface area contributed by atoms with Crippen LogP contribution in [-0.4, -0.2) is 69.5 Å². The van der Waals surface area contributed by atoms with Crippen LogP contribution in [0.3, 0.4) is 0 Å². The Kier molecular flexibility index (Phi) is 8.12. The Morgan fingerprint density at radius 1 is 1.07 bits per heavy atom. The fourth-order valence-corrected chi connectivity index (χ4v) is 6.21. The van der Waals surface area contributed by atoms with E-state index in [9.17, 15) is 9.90 Å². The molecule has 11 heteroatoms. The van der Waals surface area contributed by atoms with Gasteiger partial charge in [0.2, 0.25) is 5.88 Å². The topological polar surface area (TPSA) is 108 Å². The van der Waals surface area contributed by atoms with Crippen molar-refractivity contribution in [1.29, 1.82) is 0 Å². The summed E-state index contributed by atoms with van der Waals surface area (Å²) in [6, 6.07) is 14.6. The Balaban J connectivity index is 1.04. The SMILES string of the molecule is O=C(O)c1ccc2nc(CN3CC=C(c4cccc(OCc5ccc(Cl)c6c5OCCO6)n4)CC3)n(C[C@@H]3CCCO3)c2c1. The average molecular weight is 617 g/mol. The minimum absolute atomic E-state index is 0.110. The van der Waals surface area contributed by atoms with Crippen LogP contribution in [0.4, 0.5) is 0 Å². The fourth-order valence-electron chi connectivity index (χ4n) is 6.01. The van der Waals surface area contributed by atoms with E-state index in [4.69, 9.17) is 40.5 Å². The number of carboxylic acid groups (broad SMARTS) is 1. The van der Waals surface area contributed by atoms with Crippen molar-refractivity contribution >= 4 is 34.2 Å². The molecular weight excluding hydrogens is 584 g/mol. The van der Waals surface area contributed by atoms with Gasteiger partial charge in [0.1, 0.15) is 25.6 Å². The highest BCUT2D eigenvalue weighted by molar-refractivity contribution is 6.32. The Morgan fingerprint density at radius 3 is 2.75 bits per heavy atom. The lowest BCUT2D eigenvalue weighted by Crippen LogP contribution is -2.30. The molecule has 7 rings (SSSR count). The Bertz CT molecular complexity index is 1730. The maximum absolute atomic E-state index is 11.7. The van der Waals surface area contributed by atoms with Gasteiger partial charge in [-0.25, -0.2) is 14.8 Å². The highest BCUT2D eigenvalue weighted by atomic mass is 35.5. The molecule has 0 radical (unpaired) electrons. The monoisotopic (exact) mass is 616 g/mol. The number of benzene rings is 2. The number of carboxylic acids is 1. The van der Waals surface area contributed by atoms with Crippen LogP contribution in [0.15, 0.2) is 54.6 Å². The Labute approximate surface area is 259 Å². The van der Waals surface area contributed by atoms with Crippen LogP contribution in [0.1, 0.15) is 46.7 Å². The van der Waals surface area contributed by atoms with E-state index in [1.54, 1.807) is 24.3 Å². The van der Waals surface area contributed by atoms with Crippen molar-refractivity contribution in [3.8, 4) is 17.4 Å². The first kappa shape index (κ1) is 28.6. The lowest BCUT2D eigenvalue weighted by molar-refractivity contribution is 0.0697. The Morgan fingerprint density at radius 2 is 1.95 bits per heavy atom. The second-order valence-electron chi connectivity index (χ2n) is 11.2. The lowest BCUT2D eigenvalue weighted by Gasteiger charge is -2.26. The van der Waals surface area contributed by atoms with Crippen LogP contribution in [0.25, 0.3) is 16.6 Å². The second kappa shape index (κ2) is 12.5. The quantitative estimate of drug-likeness (QED) is 0.257. The zero-order valence-electron chi connectivity index (χ0n) is 24.2. The number of pyridine rings is 1. The van der Waals surface area contributed by atoms with Crippen LogP contribution in [-0.2, 0) is 24.4 Å². The molecule has 10 nitrogen and oxygen atoms in total. The number of carbonyl (C=O) groups is 1. The second-order valence-corrected chi connectivity index (χ2v) is 11.6. The molecule has 44 heavy (non-hydrogen) atoms. The van der Waals surface area contributed by atoms with Crippen molar-refractivity contribution in [3.05, 3.63) is 82.3 Å². The van der Waals surface area contributed by atoms with E-state index in [2.05, 4.69) is 15.5 Å². The standard InChI is InChI=1S/C33H33ClN4O6/c34-25-8-6-23(31-32(25)43-16-15-42-31)20-44-30-5-1-4-26(36-30)21-10-12-37(13-11-21)19-29-35-27-9-7-22(33(39)40)17-28(27)38(29)18-24-3-2-14-41-24/h1,4-10,17,24H,2-3,11-16,18-20H2,(H,39,40)/t24-/m0/s1. The molecule has 0 bridgehead atoms. The maximum Gasteiger partial charge on any atom is 0.335 e. The number of hydrogen-bond donors (Lipinski definition) is 1. The van der Waals surface area contributed by atoms with Gasteiger partial charge in [0.05, 0.1) is 46.5 Å². The number of aromatic nitrogens is 3. The average Bonchev–Trinajstić information content (AvgIpc) is 3.69. The molecule has 3 aliphatic rings. The van der Waals surface area contributed by atoms with Gasteiger partial charge in [-0.3, -0.25) is 4.90 Å². The molecule has 1 saturated heterocycles. The van der Waals surface area contributed by atoms with Crippen molar-refractivity contribution in [3.63, 3.8) is 0 Å². The van der Waals surface area contributed by atoms with Crippen LogP contribution < -0.4 is 14.2 Å². The molecule has 0 saturated carbocycles. The summed E-state index contributed by atoms with van der Waals surface area (Å²) in [7, 11) is 0. The molecule has 228 valence electrons. The molecule has 0 unspecified atom stereocenters. The normalized spacial score (nSPS) is 18.4. The summed E-state index contributed by atoms with van der Waals surface area (Å²) in [6.07, 6.45) is 5.19. The van der Waals surface area contributed by atoms with E-state index >= 15 is 0 Å². The number of rotatable bonds is 9. The zero-order valence-corrected chi connectivity index (χ0v) is 25.0. The van der Waals surface area contributed by atoms with E-state index in [-0.39, 0.29) is 18.3 Å². The molecule has 3 aliphatic heterocycles. The third-order valence-corrected chi connectivity index (χ3v) is 8.59. The number of hydrogen-bond acceptors (Lipinski definition) is 8. The summed E-state index contributed by atoms with van der Waals surface area (Å²) >= 11 is 6.27. The summed E-state index contributed by atoms with van der Waals surface area (Å²) in [5, 5.41) is 10.1. The van der Waals surface area contributed by atoms with Gasteiger partial charge in [-0.05, 0) is 55.2 Å². The predicted octanol–water partition coefficient (Wildman–Crippen LogP) is 5.60. The summed E-state index contributed by atoms with van der Waals surface area (Å²) in [5.74, 6) is 1.70.